The van der Waals surface area contributed by atoms with Crippen molar-refractivity contribution >= 4 is 51.2 Å². The van der Waals surface area contributed by atoms with Crippen molar-refractivity contribution in [2.45, 2.75) is 341 Å². The Morgan fingerprint density at radius 2 is 0.558 bits per heavy atom. The average Bonchev–Trinajstić information content (AvgIpc) is 0.762. The van der Waals surface area contributed by atoms with Gasteiger partial charge in [-0.15, -0.1) is 0 Å². The lowest BCUT2D eigenvalue weighted by Crippen LogP contribution is -2.71. The van der Waals surface area contributed by atoms with E-state index in [0.29, 0.717) is 0 Å². The Hall–Kier alpha value is -4.76. The monoisotopic (exact) mass is 2190 g/mol. The van der Waals surface area contributed by atoms with E-state index in [-0.39, 0.29) is 28.7 Å². The number of phosphoric ester groups is 2. The van der Waals surface area contributed by atoms with Gasteiger partial charge in [-0.2, -0.15) is 0 Å². The third-order valence-corrected chi connectivity index (χ3v) is 27.3. The van der Waals surface area contributed by atoms with Gasteiger partial charge in [0.05, 0.1) is 102 Å². The number of hydrogen-bond acceptors (Lipinski definition) is 55. The second-order valence-corrected chi connectivity index (χ2v) is 41.5. The number of carbonyl (C=O) groups excluding carboxylic acids is 5. The lowest BCUT2D eigenvalue weighted by molar-refractivity contribution is -0.870. The Bertz CT molecular complexity index is 4290. The fourth-order valence-corrected chi connectivity index (χ4v) is 19.0. The zero-order valence-electron chi connectivity index (χ0n) is 81.1. The predicted molar refractivity (Wildman–Crippen MR) is 463 cm³/mol. The molecule has 10 fully saturated rings. The molecule has 10 rings (SSSR count). The minimum atomic E-state index is -5.43. The van der Waals surface area contributed by atoms with Gasteiger partial charge in [0.2, 0.25) is 29.5 Å². The van der Waals surface area contributed by atoms with E-state index in [4.69, 9.17) is 108 Å². The number of quaternary nitrogens is 2. The van der Waals surface area contributed by atoms with Gasteiger partial charge in [0.25, 0.3) is 0 Å². The number of aliphatic hydroxyl groups excluding tert-OH is 24. The molecule has 852 valence electrons. The van der Waals surface area contributed by atoms with Gasteiger partial charge in [0.1, 0.15) is 264 Å². The number of carboxylic acid groups (broad SMARTS) is 1. The molecule has 0 aromatic heterocycles. The van der Waals surface area contributed by atoms with Crippen LogP contribution in [0.5, 0.6) is 0 Å². The van der Waals surface area contributed by atoms with Crippen molar-refractivity contribution in [1.29, 1.82) is 0 Å². The second kappa shape index (κ2) is 53.3. The Balaban J connectivity index is 1.02. The highest BCUT2D eigenvalue weighted by Gasteiger charge is 2.63. The van der Waals surface area contributed by atoms with Crippen LogP contribution >= 0.6 is 15.6 Å². The fraction of sp³-hybridized carbons (Fsp3) is 0.925. The smallest absolute Gasteiger partial charge is 0.472 e. The third kappa shape index (κ3) is 31.2. The number of nitrogens with one attached hydrogen (secondary N) is 5. The van der Waals surface area contributed by atoms with Crippen LogP contribution in [0.15, 0.2) is 0 Å². The van der Waals surface area contributed by atoms with Gasteiger partial charge in [-0.1, -0.05) is 0 Å². The molecule has 0 saturated carbocycles. The first-order valence-electron chi connectivity index (χ1n) is 46.5. The van der Waals surface area contributed by atoms with Crippen molar-refractivity contribution in [1.82, 2.24) is 26.6 Å². The van der Waals surface area contributed by atoms with Crippen molar-refractivity contribution < 1.29 is 292 Å². The third-order valence-electron chi connectivity index (χ3n) is 25.3. The van der Waals surface area contributed by atoms with Gasteiger partial charge >= 0.3 is 21.6 Å². The number of amides is 5. The zero-order valence-corrected chi connectivity index (χ0v) is 82.9. The van der Waals surface area contributed by atoms with Crippen LogP contribution in [-0.2, 0) is 146 Å². The Morgan fingerprint density at radius 1 is 0.265 bits per heavy atom. The van der Waals surface area contributed by atoms with E-state index in [1.165, 1.54) is 0 Å². The summed E-state index contributed by atoms with van der Waals surface area (Å²) in [6.07, 6.45) is -103. The van der Waals surface area contributed by atoms with Gasteiger partial charge < -0.3 is 263 Å². The summed E-state index contributed by atoms with van der Waals surface area (Å²) < 4.78 is 163. The lowest BCUT2D eigenvalue weighted by atomic mass is 9.93. The molecule has 67 heteroatoms. The topological polar surface area (TPSA) is 955 Å². The number of hydrogen-bond donors (Lipinski definition) is 32. The first-order valence-corrected chi connectivity index (χ1v) is 49.4. The predicted octanol–water partition coefficient (Wildman–Crippen LogP) is -20.3. The molecule has 10 aliphatic heterocycles. The van der Waals surface area contributed by atoms with E-state index in [9.17, 15) is 175 Å². The molecular formula is C80H141N7O58P2+2. The van der Waals surface area contributed by atoms with Crippen LogP contribution in [0.25, 0.3) is 0 Å². The SMILES string of the molecule is CC(=O)N[C@@H]1[C@@H](O)[C@H](O[C@@H]2O[C@H](CO)[C@@H](O[C@@H]3O[C@H](CO[C@H]4O[C@H](CO)[C@@H](O)[C@H](O)[C@@H]4O[C@@H]4O[C@H](COP(=O)(O)OCC[N+](C)(C)C)[C@@H](O)[C@H](O)[C@H]4NC(C)=O)[C@@H](O)[C@H](O[C@H]4O[C@H](CO)[C@@H](O)[C@H](O)[C@@H]4O[C@@H]4O[C@H](COP(=O)(O)OCC[N+](C)(C)C)[C@@H](O[C@@H]5O[C@H](CO)[C@H](O)[C@H](O[C@@H]6O[C@H](CO)[C@H](O)[C@H](O[C@@H]7O[C@H](C(=O)O)[C@@H](O)[C@H](O)[C@H]7O)[C@H]6O)[C@H]5NC(C)=O)[C@H](O)[C@H]4NC(C)=O)[C@@H]3O)[C@H](O)[C@H]2NC(C)=O)[C@@H](CO)O[C@H]1O. The molecule has 5 amide bonds. The molecule has 0 aliphatic carbocycles. The summed E-state index contributed by atoms with van der Waals surface area (Å²) >= 11 is 0. The number of phosphoric acid groups is 2. The first kappa shape index (κ1) is 124. The molecule has 10 aliphatic rings. The van der Waals surface area contributed by atoms with E-state index in [1.807, 2.05) is 0 Å². The Morgan fingerprint density at radius 3 is 1.01 bits per heavy atom. The molecule has 147 heavy (non-hydrogen) atoms. The van der Waals surface area contributed by atoms with Crippen LogP contribution in [0.2, 0.25) is 0 Å². The summed E-state index contributed by atoms with van der Waals surface area (Å²) in [5.41, 5.74) is 0. The van der Waals surface area contributed by atoms with Crippen LogP contribution in [0.4, 0.5) is 0 Å². The molecule has 10 saturated heterocycles. The van der Waals surface area contributed by atoms with E-state index < -0.39 is 424 Å². The van der Waals surface area contributed by atoms with Gasteiger partial charge in [-0.3, -0.25) is 42.1 Å². The molecule has 65 nitrogen and oxygen atoms in total. The number of carbonyl (C=O) groups is 6. The highest BCUT2D eigenvalue weighted by atomic mass is 31.2. The van der Waals surface area contributed by atoms with Crippen LogP contribution in [-0.4, -0.2) is 617 Å². The molecule has 52 atom stereocenters. The molecular weight excluding hydrogens is 2050 g/mol. The van der Waals surface area contributed by atoms with E-state index in [0.717, 1.165) is 34.6 Å². The second-order valence-electron chi connectivity index (χ2n) is 38.6. The van der Waals surface area contributed by atoms with Gasteiger partial charge in [-0.25, -0.2) is 13.9 Å². The van der Waals surface area contributed by atoms with E-state index in [2.05, 4.69) is 26.6 Å². The molecule has 0 radical (unpaired) electrons. The molecule has 32 N–H and O–H groups in total. The summed E-state index contributed by atoms with van der Waals surface area (Å²) in [5.74, 6) is -6.88. The Labute approximate surface area is 836 Å². The highest BCUT2D eigenvalue weighted by Crippen LogP contribution is 2.48. The number of ether oxygens (including phenoxy) is 19. The summed E-state index contributed by atoms with van der Waals surface area (Å²) in [7, 11) is -0.283. The molecule has 10 heterocycles. The summed E-state index contributed by atoms with van der Waals surface area (Å²) in [6, 6.07) is -10.1. The minimum Gasteiger partial charge on any atom is -0.479 e. The summed E-state index contributed by atoms with van der Waals surface area (Å²) in [5, 5.41) is 298. The van der Waals surface area contributed by atoms with Gasteiger partial charge in [0, 0.05) is 34.6 Å². The van der Waals surface area contributed by atoms with Crippen LogP contribution in [0.3, 0.4) is 0 Å². The summed E-state index contributed by atoms with van der Waals surface area (Å²) in [4.78, 5) is 99.6. The molecule has 0 aromatic rings. The van der Waals surface area contributed by atoms with Crippen molar-refractivity contribution in [3.05, 3.63) is 0 Å². The zero-order chi connectivity index (χ0) is 109. The maximum absolute atomic E-state index is 14.0. The summed E-state index contributed by atoms with van der Waals surface area (Å²) in [6.45, 7) is -7.24. The van der Waals surface area contributed by atoms with Crippen LogP contribution in [0.1, 0.15) is 34.6 Å². The number of aliphatic carboxylic acids is 1. The van der Waals surface area contributed by atoms with Crippen molar-refractivity contribution in [3.63, 3.8) is 0 Å². The molecule has 0 spiro atoms. The quantitative estimate of drug-likeness (QED) is 0.0199. The molecule has 0 aromatic carbocycles. The Kier molecular flexibility index (Phi) is 45.0. The van der Waals surface area contributed by atoms with Gasteiger partial charge in [0.15, 0.2) is 69.0 Å². The first-order chi connectivity index (χ1) is 68.7. The number of nitrogens with zero attached hydrogens (tertiary/aromatic N) is 2. The number of rotatable bonds is 45. The molecule has 0 bridgehead atoms. The normalized spacial score (nSPS) is 44.3. The standard InChI is InChI=1S/C80H139N7O58P2/c1-25(94)81-39-51(106)61(34(20-92)128-71(39)118)137-73-41(83-27(3)96)52(107)62(35(21-93)133-73)139-78-60(115)66(49(104)36(135-78)22-123-79-68(55(110)44(99)30(16-88)131-79)144-72-40(82-26(2)95)50(105)46(101)37(134-72)23-126-146(119,120)124-14-12-86(6,7)8)142-80-69(56(111)45(100)31(17-89)132-80)145-74-42(84-28(4)97)53(108)63(38(136-74)24-127-147(121,122)125-15-13-87(9,10)11)138-75-43(85-29(5)98)64(47(102)32(18-90)129-75)140-77-59(114)65(48(103)33(19-91)130-77)141-76-58(113)54(109)57(112)67(143-76)70(116)117/h30-69,71-80,88-93,99-115,118H,12-24H2,1-11H3,(H6-2,81,82,83,84,85,94,95,96,97,98,116,117,119,120,121,122)/p+2/t30-,31-,32-,33-,34-,35-,36-,37-,38-,39-,40-,41-,42-,43-,44-,45-,46-,47+,48+,49-,50-,51-,52-,53-,54+,55+,56+,57+,58-,59-,60+,61-,62-,63-,64-,65+,66+,67+,68+,69+,71-,72+,73+,74+,75+,76-,77+,78+,79+,80-/m1/s1. The van der Waals surface area contributed by atoms with Crippen molar-refractivity contribution in [3.8, 4) is 0 Å². The average molecular weight is 2190 g/mol. The van der Waals surface area contributed by atoms with E-state index in [1.54, 1.807) is 42.3 Å². The maximum atomic E-state index is 14.0. The fourth-order valence-electron chi connectivity index (χ4n) is 17.6. The molecule has 2 unspecified atom stereocenters. The largest absolute Gasteiger partial charge is 0.479 e. The number of carboxylic acids is 1. The number of likely N-dealkylation sites (N-methyl/N-ethyl adjacent to an activating group) is 2. The van der Waals surface area contributed by atoms with Gasteiger partial charge in [-0.05, 0) is 0 Å². The van der Waals surface area contributed by atoms with Crippen molar-refractivity contribution in [2.75, 3.05) is 128 Å². The highest BCUT2D eigenvalue weighted by molar-refractivity contribution is 7.47. The lowest BCUT2D eigenvalue weighted by Gasteiger charge is -2.52. The van der Waals surface area contributed by atoms with Crippen LogP contribution < -0.4 is 26.6 Å². The maximum Gasteiger partial charge on any atom is 0.472 e. The number of aliphatic hydroxyl groups is 24. The van der Waals surface area contributed by atoms with Crippen molar-refractivity contribution in [2.24, 2.45) is 0 Å². The minimum absolute atomic E-state index is 0.0111. The van der Waals surface area contributed by atoms with E-state index >= 15 is 0 Å². The van der Waals surface area contributed by atoms with Crippen LogP contribution in [0, 0.1) is 0 Å².